The van der Waals surface area contributed by atoms with Gasteiger partial charge in [0, 0.05) is 24.4 Å². The molecule has 0 aromatic rings. The van der Waals surface area contributed by atoms with Gasteiger partial charge in [-0.3, -0.25) is 0 Å². The van der Waals surface area contributed by atoms with Crippen LogP contribution >= 0.6 is 0 Å². The molecular weight excluding hydrogens is 232 g/mol. The van der Waals surface area contributed by atoms with Crippen LogP contribution in [0.1, 0.15) is 48.0 Å². The highest BCUT2D eigenvalue weighted by molar-refractivity contribution is 6.60. The predicted octanol–water partition coefficient (Wildman–Crippen LogP) is 3.78. The van der Waals surface area contributed by atoms with Gasteiger partial charge in [-0.2, -0.15) is 0 Å². The lowest BCUT2D eigenvalue weighted by atomic mass is 10.5. The van der Waals surface area contributed by atoms with Crippen molar-refractivity contribution in [2.75, 3.05) is 0 Å². The quantitative estimate of drug-likeness (QED) is 0.466. The smallest absolute Gasteiger partial charge is 0.371 e. The molecule has 0 aromatic carbocycles. The van der Waals surface area contributed by atoms with Crippen molar-refractivity contribution in [2.24, 2.45) is 0 Å². The van der Waals surface area contributed by atoms with Crippen LogP contribution in [0.4, 0.5) is 0 Å². The van der Waals surface area contributed by atoms with Crippen molar-refractivity contribution in [1.82, 2.24) is 0 Å². The van der Waals surface area contributed by atoms with Crippen molar-refractivity contribution >= 4 is 8.80 Å². The second-order valence-electron chi connectivity index (χ2n) is 5.01. The molecule has 0 aliphatic rings. The highest BCUT2D eigenvalue weighted by Gasteiger charge is 2.43. The zero-order valence-electron chi connectivity index (χ0n) is 12.2. The fraction of sp³-hybridized carbons (Fsp3) is 0.846. The van der Waals surface area contributed by atoms with E-state index < -0.39 is 8.80 Å². The van der Waals surface area contributed by atoms with Crippen molar-refractivity contribution in [3.8, 4) is 0 Å². The van der Waals surface area contributed by atoms with Crippen LogP contribution < -0.4 is 0 Å². The molecule has 0 radical (unpaired) electrons. The van der Waals surface area contributed by atoms with Gasteiger partial charge < -0.3 is 13.3 Å². The largest absolute Gasteiger partial charge is 0.501 e. The zero-order valence-corrected chi connectivity index (χ0v) is 13.2. The van der Waals surface area contributed by atoms with E-state index in [0.29, 0.717) is 0 Å². The molecule has 0 N–H and O–H groups in total. The standard InChI is InChI=1S/C13H28O3Si/c1-8-9-10-17(14-11(2)3,15-12(4)5)16-13(6)7/h8,11-13H,1,9-10H2,2-7H3. The molecule has 0 heterocycles. The van der Waals surface area contributed by atoms with Crippen LogP contribution in [0.2, 0.25) is 6.04 Å². The van der Waals surface area contributed by atoms with Crippen molar-refractivity contribution in [1.29, 1.82) is 0 Å². The Labute approximate surface area is 108 Å². The van der Waals surface area contributed by atoms with Gasteiger partial charge in [0.2, 0.25) is 0 Å². The zero-order chi connectivity index (χ0) is 13.5. The van der Waals surface area contributed by atoms with Crippen molar-refractivity contribution in [2.45, 2.75) is 72.3 Å². The Morgan fingerprint density at radius 2 is 1.24 bits per heavy atom. The monoisotopic (exact) mass is 260 g/mol. The molecule has 0 fully saturated rings. The molecule has 102 valence electrons. The van der Waals surface area contributed by atoms with E-state index in [9.17, 15) is 0 Å². The lowest BCUT2D eigenvalue weighted by molar-refractivity contribution is 0.00344. The summed E-state index contributed by atoms with van der Waals surface area (Å²) in [6.45, 7) is 15.9. The molecule has 0 aliphatic heterocycles. The second kappa shape index (κ2) is 8.03. The molecule has 3 nitrogen and oxygen atoms in total. The van der Waals surface area contributed by atoms with Crippen LogP contribution in [0, 0.1) is 0 Å². The van der Waals surface area contributed by atoms with Crippen molar-refractivity contribution in [3.05, 3.63) is 12.7 Å². The van der Waals surface area contributed by atoms with Crippen LogP contribution in [0.5, 0.6) is 0 Å². The maximum Gasteiger partial charge on any atom is 0.501 e. The number of hydrogen-bond donors (Lipinski definition) is 0. The first-order chi connectivity index (χ1) is 7.81. The van der Waals surface area contributed by atoms with Gasteiger partial charge in [0.1, 0.15) is 0 Å². The van der Waals surface area contributed by atoms with Crippen molar-refractivity contribution < 1.29 is 13.3 Å². The van der Waals surface area contributed by atoms with E-state index in [0.717, 1.165) is 12.5 Å². The summed E-state index contributed by atoms with van der Waals surface area (Å²) < 4.78 is 18.0. The van der Waals surface area contributed by atoms with Crippen LogP contribution in [0.15, 0.2) is 12.7 Å². The Morgan fingerprint density at radius 1 is 0.882 bits per heavy atom. The van der Waals surface area contributed by atoms with E-state index in [4.69, 9.17) is 13.3 Å². The van der Waals surface area contributed by atoms with Gasteiger partial charge in [0.15, 0.2) is 0 Å². The predicted molar refractivity (Wildman–Crippen MR) is 74.0 cm³/mol. The van der Waals surface area contributed by atoms with Crippen molar-refractivity contribution in [3.63, 3.8) is 0 Å². The maximum absolute atomic E-state index is 6.01. The van der Waals surface area contributed by atoms with Gasteiger partial charge in [-0.25, -0.2) is 0 Å². The second-order valence-corrected chi connectivity index (χ2v) is 7.58. The highest BCUT2D eigenvalue weighted by atomic mass is 28.4. The molecule has 0 unspecified atom stereocenters. The van der Waals surface area contributed by atoms with Crippen LogP contribution in [-0.4, -0.2) is 27.1 Å². The molecular formula is C13H28O3Si. The first-order valence-corrected chi connectivity index (χ1v) is 8.39. The Kier molecular flexibility index (Phi) is 7.95. The van der Waals surface area contributed by atoms with Gasteiger partial charge in [-0.05, 0) is 48.0 Å². The maximum atomic E-state index is 6.01. The summed E-state index contributed by atoms with van der Waals surface area (Å²) in [4.78, 5) is 0. The number of allylic oxidation sites excluding steroid dienone is 1. The molecule has 0 atom stereocenters. The Morgan fingerprint density at radius 3 is 1.47 bits per heavy atom. The molecule has 0 bridgehead atoms. The summed E-state index contributed by atoms with van der Waals surface area (Å²) >= 11 is 0. The van der Waals surface area contributed by atoms with E-state index in [1.165, 1.54) is 0 Å². The Balaban J connectivity index is 4.82. The first kappa shape index (κ1) is 16.8. The fourth-order valence-electron chi connectivity index (χ4n) is 1.62. The third kappa shape index (κ3) is 7.71. The molecule has 0 saturated carbocycles. The molecule has 4 heteroatoms. The van der Waals surface area contributed by atoms with Crippen LogP contribution in [-0.2, 0) is 13.3 Å². The van der Waals surface area contributed by atoms with Gasteiger partial charge in [-0.15, -0.1) is 6.58 Å². The van der Waals surface area contributed by atoms with Gasteiger partial charge >= 0.3 is 8.80 Å². The molecule has 0 spiro atoms. The van der Waals surface area contributed by atoms with E-state index in [-0.39, 0.29) is 18.3 Å². The number of rotatable bonds is 9. The Bertz CT molecular complexity index is 188. The van der Waals surface area contributed by atoms with Crippen LogP contribution in [0.3, 0.4) is 0 Å². The fourth-order valence-corrected chi connectivity index (χ4v) is 4.85. The Hall–Kier alpha value is -0.163. The molecule has 0 aliphatic carbocycles. The lowest BCUT2D eigenvalue weighted by Gasteiger charge is -2.34. The van der Waals surface area contributed by atoms with Gasteiger partial charge in [0.05, 0.1) is 0 Å². The average molecular weight is 260 g/mol. The summed E-state index contributed by atoms with van der Waals surface area (Å²) in [6.07, 6.45) is 3.09. The topological polar surface area (TPSA) is 27.7 Å². The lowest BCUT2D eigenvalue weighted by Crippen LogP contribution is -2.50. The van der Waals surface area contributed by atoms with E-state index in [2.05, 4.69) is 6.58 Å². The highest BCUT2D eigenvalue weighted by Crippen LogP contribution is 2.23. The van der Waals surface area contributed by atoms with E-state index in [1.807, 2.05) is 47.6 Å². The summed E-state index contributed by atoms with van der Waals surface area (Å²) in [5, 5.41) is 0. The number of hydrogen-bond acceptors (Lipinski definition) is 3. The minimum Gasteiger partial charge on any atom is -0.371 e. The third-order valence-electron chi connectivity index (χ3n) is 1.90. The SMILES string of the molecule is C=CCC[Si](OC(C)C)(OC(C)C)OC(C)C. The molecule has 0 rings (SSSR count). The minimum atomic E-state index is -2.58. The molecule has 0 amide bonds. The summed E-state index contributed by atoms with van der Waals surface area (Å²) in [5.74, 6) is 0. The van der Waals surface area contributed by atoms with E-state index >= 15 is 0 Å². The summed E-state index contributed by atoms with van der Waals surface area (Å²) in [5.41, 5.74) is 0. The van der Waals surface area contributed by atoms with Gasteiger partial charge in [-0.1, -0.05) is 6.08 Å². The van der Waals surface area contributed by atoms with E-state index in [1.54, 1.807) is 0 Å². The van der Waals surface area contributed by atoms with Crippen LogP contribution in [0.25, 0.3) is 0 Å². The molecule has 17 heavy (non-hydrogen) atoms. The average Bonchev–Trinajstić information content (AvgIpc) is 2.11. The minimum absolute atomic E-state index is 0.115. The summed E-state index contributed by atoms with van der Waals surface area (Å²) in [6, 6.07) is 0.797. The first-order valence-electron chi connectivity index (χ1n) is 6.45. The third-order valence-corrected chi connectivity index (χ3v) is 5.29. The molecule has 0 aromatic heterocycles. The summed E-state index contributed by atoms with van der Waals surface area (Å²) in [7, 11) is -2.58. The normalized spacial score (nSPS) is 12.8. The van der Waals surface area contributed by atoms with Gasteiger partial charge in [0.25, 0.3) is 0 Å². The molecule has 0 saturated heterocycles.